The van der Waals surface area contributed by atoms with Gasteiger partial charge in [-0.05, 0) is 49.2 Å². The minimum absolute atomic E-state index is 0.0806. The van der Waals surface area contributed by atoms with Crippen molar-refractivity contribution >= 4 is 33.2 Å². The van der Waals surface area contributed by atoms with Crippen LogP contribution >= 0.6 is 11.6 Å². The number of carbonyl (C=O) groups is 1. The third kappa shape index (κ3) is 6.88. The molecule has 3 aromatic rings. The standard InChI is InChI=1S/C25H27ClN2O6S/c1-4-34-22-13-11-19(16-20(22)26)35(30,31)28-21(14-17-8-6-5-7-9-17)25(29)27-18-10-12-23(32-2)24(15-18)33-3/h5-13,15-16,21,28H,4,14H2,1-3H3,(H,27,29). The van der Waals surface area contributed by atoms with Gasteiger partial charge >= 0.3 is 0 Å². The van der Waals surface area contributed by atoms with E-state index in [0.29, 0.717) is 29.5 Å². The van der Waals surface area contributed by atoms with Gasteiger partial charge in [0, 0.05) is 11.8 Å². The highest BCUT2D eigenvalue weighted by atomic mass is 35.5. The lowest BCUT2D eigenvalue weighted by Gasteiger charge is -2.20. The second kappa shape index (κ2) is 11.9. The average molecular weight is 519 g/mol. The van der Waals surface area contributed by atoms with Crippen LogP contribution < -0.4 is 24.2 Å². The molecule has 0 spiro atoms. The third-order valence-corrected chi connectivity index (χ3v) is 6.83. The van der Waals surface area contributed by atoms with E-state index >= 15 is 0 Å². The van der Waals surface area contributed by atoms with Gasteiger partial charge in [0.15, 0.2) is 11.5 Å². The first-order valence-corrected chi connectivity index (χ1v) is 12.6. The lowest BCUT2D eigenvalue weighted by Crippen LogP contribution is -2.45. The van der Waals surface area contributed by atoms with Gasteiger partial charge in [0.25, 0.3) is 0 Å². The largest absolute Gasteiger partial charge is 0.493 e. The van der Waals surface area contributed by atoms with Crippen LogP contribution in [0.5, 0.6) is 17.2 Å². The van der Waals surface area contributed by atoms with E-state index in [1.165, 1.54) is 32.4 Å². The fourth-order valence-corrected chi connectivity index (χ4v) is 4.88. The Morgan fingerprint density at radius 3 is 2.26 bits per heavy atom. The minimum atomic E-state index is -4.09. The number of amides is 1. The molecule has 3 rings (SSSR count). The number of benzene rings is 3. The van der Waals surface area contributed by atoms with Crippen molar-refractivity contribution in [3.8, 4) is 17.2 Å². The van der Waals surface area contributed by atoms with E-state index in [0.717, 1.165) is 5.56 Å². The van der Waals surface area contributed by atoms with Crippen LogP contribution in [-0.2, 0) is 21.2 Å². The number of methoxy groups -OCH3 is 2. The molecule has 0 bridgehead atoms. The summed E-state index contributed by atoms with van der Waals surface area (Å²) >= 11 is 6.19. The summed E-state index contributed by atoms with van der Waals surface area (Å²) in [6.45, 7) is 2.19. The molecule has 8 nitrogen and oxygen atoms in total. The number of halogens is 1. The highest BCUT2D eigenvalue weighted by Crippen LogP contribution is 2.30. The first kappa shape index (κ1) is 26.3. The topological polar surface area (TPSA) is 103 Å². The maximum absolute atomic E-state index is 13.2. The number of hydrogen-bond donors (Lipinski definition) is 2. The summed E-state index contributed by atoms with van der Waals surface area (Å²) in [5.74, 6) is 0.760. The van der Waals surface area contributed by atoms with Crippen LogP contribution in [0.25, 0.3) is 0 Å². The van der Waals surface area contributed by atoms with Crippen molar-refractivity contribution < 1.29 is 27.4 Å². The second-order valence-electron chi connectivity index (χ2n) is 7.45. The van der Waals surface area contributed by atoms with E-state index in [4.69, 9.17) is 25.8 Å². The number of nitrogens with one attached hydrogen (secondary N) is 2. The van der Waals surface area contributed by atoms with Crippen LogP contribution in [0.2, 0.25) is 5.02 Å². The van der Waals surface area contributed by atoms with Crippen LogP contribution in [0.15, 0.2) is 71.6 Å². The zero-order valence-electron chi connectivity index (χ0n) is 19.6. The maximum Gasteiger partial charge on any atom is 0.242 e. The molecule has 0 aromatic heterocycles. The van der Waals surface area contributed by atoms with Crippen molar-refractivity contribution in [1.29, 1.82) is 0 Å². The van der Waals surface area contributed by atoms with E-state index in [1.807, 2.05) is 30.3 Å². The van der Waals surface area contributed by atoms with Crippen LogP contribution in [0.3, 0.4) is 0 Å². The van der Waals surface area contributed by atoms with Crippen molar-refractivity contribution in [2.75, 3.05) is 26.1 Å². The molecule has 0 saturated carbocycles. The van der Waals surface area contributed by atoms with E-state index in [2.05, 4.69) is 10.0 Å². The van der Waals surface area contributed by atoms with Gasteiger partial charge in [0.2, 0.25) is 15.9 Å². The highest BCUT2D eigenvalue weighted by Gasteiger charge is 2.27. The Morgan fingerprint density at radius 2 is 1.63 bits per heavy atom. The quantitative estimate of drug-likeness (QED) is 0.392. The summed E-state index contributed by atoms with van der Waals surface area (Å²) in [6.07, 6.45) is 0.129. The molecule has 10 heteroatoms. The molecule has 186 valence electrons. The number of anilines is 1. The van der Waals surface area contributed by atoms with Crippen LogP contribution in [0, 0.1) is 0 Å². The minimum Gasteiger partial charge on any atom is -0.493 e. The van der Waals surface area contributed by atoms with E-state index in [9.17, 15) is 13.2 Å². The Kier molecular flexibility index (Phi) is 8.97. The molecule has 0 aliphatic rings. The summed E-state index contributed by atoms with van der Waals surface area (Å²) in [7, 11) is -1.10. The molecular formula is C25H27ClN2O6S. The van der Waals surface area contributed by atoms with Crippen molar-refractivity contribution in [2.24, 2.45) is 0 Å². The molecule has 1 atom stereocenters. The normalized spacial score (nSPS) is 12.0. The number of rotatable bonds is 11. The van der Waals surface area contributed by atoms with Crippen molar-refractivity contribution in [2.45, 2.75) is 24.3 Å². The number of hydrogen-bond acceptors (Lipinski definition) is 6. The fraction of sp³-hybridized carbons (Fsp3) is 0.240. The molecule has 0 radical (unpaired) electrons. The Bertz CT molecular complexity index is 1270. The zero-order chi connectivity index (χ0) is 25.4. The lowest BCUT2D eigenvalue weighted by atomic mass is 10.1. The predicted molar refractivity (Wildman–Crippen MR) is 135 cm³/mol. The third-order valence-electron chi connectivity index (χ3n) is 5.06. The van der Waals surface area contributed by atoms with Crippen LogP contribution in [0.1, 0.15) is 12.5 Å². The smallest absolute Gasteiger partial charge is 0.242 e. The van der Waals surface area contributed by atoms with Gasteiger partial charge in [-0.1, -0.05) is 41.9 Å². The first-order chi connectivity index (χ1) is 16.8. The van der Waals surface area contributed by atoms with Gasteiger partial charge in [0.05, 0.1) is 30.7 Å². The monoisotopic (exact) mass is 518 g/mol. The zero-order valence-corrected chi connectivity index (χ0v) is 21.2. The van der Waals surface area contributed by atoms with Crippen molar-refractivity contribution in [1.82, 2.24) is 4.72 Å². The maximum atomic E-state index is 13.2. The molecule has 2 N–H and O–H groups in total. The fourth-order valence-electron chi connectivity index (χ4n) is 3.36. The second-order valence-corrected chi connectivity index (χ2v) is 9.57. The number of carbonyl (C=O) groups excluding carboxylic acids is 1. The summed E-state index contributed by atoms with van der Waals surface area (Å²) in [6, 6.07) is 17.0. The number of sulfonamides is 1. The first-order valence-electron chi connectivity index (χ1n) is 10.8. The Labute approximate surface area is 210 Å². The number of ether oxygens (including phenoxy) is 3. The van der Waals surface area contributed by atoms with Gasteiger partial charge < -0.3 is 19.5 Å². The molecule has 0 aliphatic carbocycles. The molecule has 0 saturated heterocycles. The van der Waals surface area contributed by atoms with Crippen LogP contribution in [-0.4, -0.2) is 41.2 Å². The van der Waals surface area contributed by atoms with Crippen molar-refractivity contribution in [3.05, 3.63) is 77.3 Å². The molecule has 3 aromatic carbocycles. The van der Waals surface area contributed by atoms with Gasteiger partial charge in [-0.3, -0.25) is 4.79 Å². The molecule has 1 unspecified atom stereocenters. The molecule has 1 amide bonds. The molecular weight excluding hydrogens is 492 g/mol. The summed E-state index contributed by atoms with van der Waals surface area (Å²) in [5, 5.41) is 2.91. The van der Waals surface area contributed by atoms with Gasteiger partial charge in [-0.25, -0.2) is 8.42 Å². The Morgan fingerprint density at radius 1 is 0.943 bits per heavy atom. The Balaban J connectivity index is 1.88. The summed E-state index contributed by atoms with van der Waals surface area (Å²) < 4.78 is 44.7. The predicted octanol–water partition coefficient (Wildman–Crippen LogP) is 4.28. The highest BCUT2D eigenvalue weighted by molar-refractivity contribution is 7.89. The van der Waals surface area contributed by atoms with Crippen molar-refractivity contribution in [3.63, 3.8) is 0 Å². The van der Waals surface area contributed by atoms with E-state index in [1.54, 1.807) is 25.1 Å². The SMILES string of the molecule is CCOc1ccc(S(=O)(=O)NC(Cc2ccccc2)C(=O)Nc2ccc(OC)c(OC)c2)cc1Cl. The summed E-state index contributed by atoms with van der Waals surface area (Å²) in [5.41, 5.74) is 1.21. The average Bonchev–Trinajstić information content (AvgIpc) is 2.85. The summed E-state index contributed by atoms with van der Waals surface area (Å²) in [4.78, 5) is 13.1. The van der Waals surface area contributed by atoms with Gasteiger partial charge in [-0.2, -0.15) is 4.72 Å². The van der Waals surface area contributed by atoms with E-state index < -0.39 is 22.0 Å². The molecule has 35 heavy (non-hydrogen) atoms. The Hall–Kier alpha value is -3.27. The lowest BCUT2D eigenvalue weighted by molar-refractivity contribution is -0.117. The van der Waals surface area contributed by atoms with Crippen LogP contribution in [0.4, 0.5) is 5.69 Å². The molecule has 0 aliphatic heterocycles. The van der Waals surface area contributed by atoms with E-state index in [-0.39, 0.29) is 16.3 Å². The van der Waals surface area contributed by atoms with Gasteiger partial charge in [-0.15, -0.1) is 0 Å². The molecule has 0 heterocycles. The van der Waals surface area contributed by atoms with Gasteiger partial charge in [0.1, 0.15) is 11.8 Å². The molecule has 0 fully saturated rings.